The molecule has 1 heterocycles. The first kappa shape index (κ1) is 19.0. The maximum atomic E-state index is 12.7. The summed E-state index contributed by atoms with van der Waals surface area (Å²) >= 11 is 5.52. The Labute approximate surface area is 137 Å². The Kier molecular flexibility index (Phi) is 6.49. The fourth-order valence-electron chi connectivity index (χ4n) is 1.96. The van der Waals surface area contributed by atoms with Crippen molar-refractivity contribution in [1.29, 1.82) is 0 Å². The maximum Gasteiger partial charge on any atom is 0.417 e. The second-order valence-corrected chi connectivity index (χ2v) is 5.37. The SMILES string of the molecule is CN(CC(=O)Nc1ccc(Cl)c(C(F)(F)F)c1)C1CNC1.Cl. The lowest BCUT2D eigenvalue weighted by Crippen LogP contribution is -2.57. The van der Waals surface area contributed by atoms with Crippen molar-refractivity contribution in [3.05, 3.63) is 28.8 Å². The van der Waals surface area contributed by atoms with Gasteiger partial charge in [-0.25, -0.2) is 0 Å². The van der Waals surface area contributed by atoms with E-state index in [1.165, 1.54) is 6.07 Å². The molecule has 1 aliphatic rings. The molecule has 0 radical (unpaired) electrons. The molecule has 0 aliphatic carbocycles. The average Bonchev–Trinajstić information content (AvgIpc) is 2.27. The van der Waals surface area contributed by atoms with E-state index in [1.54, 1.807) is 7.05 Å². The van der Waals surface area contributed by atoms with Gasteiger partial charge in [-0.2, -0.15) is 13.2 Å². The Hall–Kier alpha value is -1.02. The van der Waals surface area contributed by atoms with Gasteiger partial charge in [0, 0.05) is 24.8 Å². The summed E-state index contributed by atoms with van der Waals surface area (Å²) < 4.78 is 38.2. The first-order chi connectivity index (χ1) is 9.77. The summed E-state index contributed by atoms with van der Waals surface area (Å²) in [6.07, 6.45) is -4.55. The van der Waals surface area contributed by atoms with E-state index in [0.717, 1.165) is 25.2 Å². The number of benzene rings is 1. The van der Waals surface area contributed by atoms with E-state index in [0.29, 0.717) is 0 Å². The quantitative estimate of drug-likeness (QED) is 0.870. The predicted octanol–water partition coefficient (Wildman–Crippen LogP) is 2.62. The molecule has 0 unspecified atom stereocenters. The summed E-state index contributed by atoms with van der Waals surface area (Å²) in [5.41, 5.74) is -0.879. The largest absolute Gasteiger partial charge is 0.417 e. The Balaban J connectivity index is 0.00000242. The third kappa shape index (κ3) is 4.74. The van der Waals surface area contributed by atoms with Crippen LogP contribution < -0.4 is 10.6 Å². The van der Waals surface area contributed by atoms with Gasteiger partial charge in [0.15, 0.2) is 0 Å². The van der Waals surface area contributed by atoms with Gasteiger partial charge >= 0.3 is 6.18 Å². The minimum atomic E-state index is -4.55. The summed E-state index contributed by atoms with van der Waals surface area (Å²) in [7, 11) is 1.80. The van der Waals surface area contributed by atoms with Crippen molar-refractivity contribution < 1.29 is 18.0 Å². The van der Waals surface area contributed by atoms with Gasteiger partial charge in [-0.3, -0.25) is 9.69 Å². The highest BCUT2D eigenvalue weighted by atomic mass is 35.5. The molecule has 2 rings (SSSR count). The van der Waals surface area contributed by atoms with E-state index < -0.39 is 16.8 Å². The summed E-state index contributed by atoms with van der Waals surface area (Å²) in [5, 5.41) is 5.15. The first-order valence-corrected chi connectivity index (χ1v) is 6.72. The number of nitrogens with zero attached hydrogens (tertiary/aromatic N) is 1. The molecule has 0 aromatic heterocycles. The number of hydrogen-bond acceptors (Lipinski definition) is 3. The van der Waals surface area contributed by atoms with E-state index in [-0.39, 0.29) is 36.6 Å². The Morgan fingerprint density at radius 3 is 2.59 bits per heavy atom. The highest BCUT2D eigenvalue weighted by molar-refractivity contribution is 6.31. The highest BCUT2D eigenvalue weighted by Crippen LogP contribution is 2.36. The Morgan fingerprint density at radius 2 is 2.09 bits per heavy atom. The number of carbonyl (C=O) groups is 1. The van der Waals surface area contributed by atoms with Crippen molar-refractivity contribution in [2.75, 3.05) is 32.0 Å². The normalized spacial score (nSPS) is 15.2. The van der Waals surface area contributed by atoms with Crippen molar-refractivity contribution >= 4 is 35.6 Å². The average molecular weight is 358 g/mol. The molecule has 2 N–H and O–H groups in total. The third-order valence-corrected chi connectivity index (χ3v) is 3.66. The number of nitrogens with one attached hydrogen (secondary N) is 2. The molecule has 0 spiro atoms. The molecule has 1 aromatic rings. The smallest absolute Gasteiger partial charge is 0.325 e. The summed E-state index contributed by atoms with van der Waals surface area (Å²) in [4.78, 5) is 13.7. The van der Waals surface area contributed by atoms with Crippen LogP contribution in [0.25, 0.3) is 0 Å². The molecule has 0 atom stereocenters. The lowest BCUT2D eigenvalue weighted by atomic mass is 10.1. The van der Waals surface area contributed by atoms with E-state index in [1.807, 2.05) is 4.90 Å². The minimum absolute atomic E-state index is 0. The molecule has 0 saturated carbocycles. The van der Waals surface area contributed by atoms with Crippen molar-refractivity contribution in [3.63, 3.8) is 0 Å². The fourth-order valence-corrected chi connectivity index (χ4v) is 2.19. The van der Waals surface area contributed by atoms with Crippen LogP contribution in [0.3, 0.4) is 0 Å². The predicted molar refractivity (Wildman–Crippen MR) is 81.6 cm³/mol. The van der Waals surface area contributed by atoms with Gasteiger partial charge in [-0.05, 0) is 25.2 Å². The van der Waals surface area contributed by atoms with Crippen molar-refractivity contribution in [1.82, 2.24) is 10.2 Å². The minimum Gasteiger partial charge on any atom is -0.325 e. The zero-order valence-electron chi connectivity index (χ0n) is 11.7. The number of hydrogen-bond donors (Lipinski definition) is 2. The van der Waals surface area contributed by atoms with Crippen LogP contribution in [0.1, 0.15) is 5.56 Å². The third-order valence-electron chi connectivity index (χ3n) is 3.33. The molecular formula is C13H16Cl2F3N3O. The zero-order valence-corrected chi connectivity index (χ0v) is 13.3. The van der Waals surface area contributed by atoms with Crippen LogP contribution >= 0.6 is 24.0 Å². The van der Waals surface area contributed by atoms with E-state index >= 15 is 0 Å². The van der Waals surface area contributed by atoms with Gasteiger partial charge in [-0.15, -0.1) is 12.4 Å². The van der Waals surface area contributed by atoms with Crippen LogP contribution in [0.2, 0.25) is 5.02 Å². The van der Waals surface area contributed by atoms with Crippen LogP contribution in [-0.4, -0.2) is 43.5 Å². The van der Waals surface area contributed by atoms with Gasteiger partial charge in [0.05, 0.1) is 17.1 Å². The lowest BCUT2D eigenvalue weighted by molar-refractivity contribution is -0.137. The molecule has 9 heteroatoms. The lowest BCUT2D eigenvalue weighted by Gasteiger charge is -2.35. The van der Waals surface area contributed by atoms with Gasteiger partial charge < -0.3 is 10.6 Å². The summed E-state index contributed by atoms with van der Waals surface area (Å²) in [6.45, 7) is 1.74. The number of likely N-dealkylation sites (N-methyl/N-ethyl adjacent to an activating group) is 1. The van der Waals surface area contributed by atoms with Gasteiger partial charge in [0.2, 0.25) is 5.91 Å². The molecule has 4 nitrogen and oxygen atoms in total. The van der Waals surface area contributed by atoms with Gasteiger partial charge in [0.1, 0.15) is 0 Å². The van der Waals surface area contributed by atoms with Crippen LogP contribution in [-0.2, 0) is 11.0 Å². The number of halogens is 5. The Morgan fingerprint density at radius 1 is 1.45 bits per heavy atom. The molecule has 124 valence electrons. The van der Waals surface area contributed by atoms with Crippen molar-refractivity contribution in [2.45, 2.75) is 12.2 Å². The number of rotatable bonds is 4. The maximum absolute atomic E-state index is 12.7. The van der Waals surface area contributed by atoms with Crippen LogP contribution in [0.15, 0.2) is 18.2 Å². The van der Waals surface area contributed by atoms with Gasteiger partial charge in [-0.1, -0.05) is 11.6 Å². The number of amides is 1. The molecule has 0 bridgehead atoms. The molecule has 1 aromatic carbocycles. The summed E-state index contributed by atoms with van der Waals surface area (Å²) in [6, 6.07) is 3.59. The Bertz CT molecular complexity index is 536. The van der Waals surface area contributed by atoms with Crippen LogP contribution in [0.4, 0.5) is 18.9 Å². The van der Waals surface area contributed by atoms with E-state index in [2.05, 4.69) is 10.6 Å². The molecule has 1 fully saturated rings. The van der Waals surface area contributed by atoms with Crippen molar-refractivity contribution in [2.24, 2.45) is 0 Å². The second-order valence-electron chi connectivity index (χ2n) is 4.97. The van der Waals surface area contributed by atoms with Gasteiger partial charge in [0.25, 0.3) is 0 Å². The number of anilines is 1. The zero-order chi connectivity index (χ0) is 15.6. The highest BCUT2D eigenvalue weighted by Gasteiger charge is 2.33. The number of alkyl halides is 3. The second kappa shape index (κ2) is 7.50. The molecule has 1 aliphatic heterocycles. The topological polar surface area (TPSA) is 44.4 Å². The first-order valence-electron chi connectivity index (χ1n) is 6.35. The van der Waals surface area contributed by atoms with E-state index in [4.69, 9.17) is 11.6 Å². The van der Waals surface area contributed by atoms with E-state index in [9.17, 15) is 18.0 Å². The fraction of sp³-hybridized carbons (Fsp3) is 0.462. The van der Waals surface area contributed by atoms with Crippen LogP contribution in [0.5, 0.6) is 0 Å². The number of carbonyl (C=O) groups excluding carboxylic acids is 1. The molecule has 1 amide bonds. The molecule has 22 heavy (non-hydrogen) atoms. The molecular weight excluding hydrogens is 342 g/mol. The molecule has 1 saturated heterocycles. The van der Waals surface area contributed by atoms with Crippen molar-refractivity contribution in [3.8, 4) is 0 Å². The monoisotopic (exact) mass is 357 g/mol. The van der Waals surface area contributed by atoms with Crippen LogP contribution in [0, 0.1) is 0 Å². The summed E-state index contributed by atoms with van der Waals surface area (Å²) in [5.74, 6) is -0.361. The standard InChI is InChI=1S/C13H15ClF3N3O.ClH/c1-20(9-5-18-6-9)7-12(21)19-8-2-3-11(14)10(4-8)13(15,16)17;/h2-4,9,18H,5-7H2,1H3,(H,19,21);1H.